The molecule has 6 aromatic carbocycles. The average molecular weight is 1040 g/mol. The molecule has 0 spiro atoms. The SMILES string of the molecule is CN(C(=O)OC(C)(C)C)[C@@H](Cc1ccc(Cl)cc1)C(=O)N[C@H](CSC(c1ccccc1)(c1ccccc1)c1ccccc1)C(=O)N(C)[C@@H](Cc1ccc(OC(C)(C)C)cc1)C(=O)N[C@H](Cc1ccccc1)C(=O)O. The van der Waals surface area contributed by atoms with Crippen molar-refractivity contribution < 1.29 is 38.6 Å². The molecule has 3 N–H and O–H groups in total. The molecule has 0 unspecified atom stereocenters. The minimum Gasteiger partial charge on any atom is -0.488 e. The van der Waals surface area contributed by atoms with Crippen LogP contribution >= 0.6 is 23.4 Å². The Morgan fingerprint density at radius 2 is 0.946 bits per heavy atom. The van der Waals surface area contributed by atoms with Gasteiger partial charge in [0.15, 0.2) is 0 Å². The van der Waals surface area contributed by atoms with E-state index < -0.39 is 69.9 Å². The largest absolute Gasteiger partial charge is 0.488 e. The predicted octanol–water partition coefficient (Wildman–Crippen LogP) is 10.4. The number of aliphatic carboxylic acids is 1. The lowest BCUT2D eigenvalue weighted by molar-refractivity contribution is -0.145. The Morgan fingerprint density at radius 3 is 1.38 bits per heavy atom. The molecule has 12 nitrogen and oxygen atoms in total. The summed E-state index contributed by atoms with van der Waals surface area (Å²) in [6, 6.07) is 47.6. The number of carboxylic acid groups (broad SMARTS) is 1. The standard InChI is InChI=1S/C60H67ClN4O8S/c1-58(2,3)72-48-35-31-43(32-36-48)38-51(53(66)62-49(56(69)70)37-41-21-13-9-14-22-41)64(7)55(68)50(63-54(67)52(39-42-29-33-47(61)34-30-42)65(8)57(71)73-59(4,5)6)40-74-60(44-23-15-10-16-24-44,45-25-17-11-18-26-45)46-27-19-12-20-28-46/h9-36,49-52H,37-40H2,1-8H3,(H,62,66)(H,63,67)(H,69,70)/t49-,50-,51+,52+/m1/s1. The van der Waals surface area contributed by atoms with Crippen LogP contribution in [0.5, 0.6) is 5.75 Å². The van der Waals surface area contributed by atoms with Crippen LogP contribution in [0.25, 0.3) is 0 Å². The van der Waals surface area contributed by atoms with Crippen LogP contribution in [0, 0.1) is 0 Å². The Morgan fingerprint density at radius 1 is 0.541 bits per heavy atom. The van der Waals surface area contributed by atoms with Gasteiger partial charge in [0.05, 0.1) is 4.75 Å². The topological polar surface area (TPSA) is 155 Å². The summed E-state index contributed by atoms with van der Waals surface area (Å²) in [4.78, 5) is 74.9. The van der Waals surface area contributed by atoms with Gasteiger partial charge in [-0.05, 0) is 99.2 Å². The molecule has 0 aromatic heterocycles. The minimum atomic E-state index is -1.34. The van der Waals surface area contributed by atoms with Gasteiger partial charge in [0.25, 0.3) is 0 Å². The Labute approximate surface area is 444 Å². The van der Waals surface area contributed by atoms with Crippen LogP contribution in [0.2, 0.25) is 5.02 Å². The number of likely N-dealkylation sites (N-methyl/N-ethyl adjacent to an activating group) is 2. The summed E-state index contributed by atoms with van der Waals surface area (Å²) in [5.74, 6) is -2.70. The summed E-state index contributed by atoms with van der Waals surface area (Å²) in [5.41, 5.74) is 3.40. The Balaban J connectivity index is 1.46. The van der Waals surface area contributed by atoms with Crippen molar-refractivity contribution >= 4 is 53.1 Å². The third kappa shape index (κ3) is 15.5. The second-order valence-corrected chi connectivity index (χ2v) is 21.9. The number of carbonyl (C=O) groups excluding carboxylic acids is 4. The average Bonchev–Trinajstić information content (AvgIpc) is 3.37. The third-order valence-electron chi connectivity index (χ3n) is 12.2. The highest BCUT2D eigenvalue weighted by atomic mass is 35.5. The normalized spacial score (nSPS) is 13.3. The van der Waals surface area contributed by atoms with Crippen molar-refractivity contribution in [2.45, 2.75) is 101 Å². The number of hydrogen-bond acceptors (Lipinski definition) is 8. The second-order valence-electron chi connectivity index (χ2n) is 20.2. The summed E-state index contributed by atoms with van der Waals surface area (Å²) in [6.07, 6.45) is -0.766. The van der Waals surface area contributed by atoms with E-state index in [1.54, 1.807) is 93.6 Å². The smallest absolute Gasteiger partial charge is 0.410 e. The molecule has 0 saturated carbocycles. The maximum absolute atomic E-state index is 15.7. The molecule has 14 heteroatoms. The molecule has 4 atom stereocenters. The molecule has 0 saturated heterocycles. The summed E-state index contributed by atoms with van der Waals surface area (Å²) in [7, 11) is 2.96. The number of halogens is 1. The predicted molar refractivity (Wildman–Crippen MR) is 293 cm³/mol. The van der Waals surface area contributed by atoms with Gasteiger partial charge in [-0.1, -0.05) is 157 Å². The van der Waals surface area contributed by atoms with Crippen LogP contribution in [0.15, 0.2) is 170 Å². The van der Waals surface area contributed by atoms with Crippen LogP contribution in [-0.4, -0.2) is 99.9 Å². The van der Waals surface area contributed by atoms with Gasteiger partial charge in [0.1, 0.15) is 41.1 Å². The molecule has 0 aliphatic rings. The molecule has 0 aliphatic carbocycles. The first-order valence-corrected chi connectivity index (χ1v) is 25.9. The molecule has 0 aliphatic heterocycles. The van der Waals surface area contributed by atoms with Crippen molar-refractivity contribution in [2.75, 3.05) is 19.8 Å². The van der Waals surface area contributed by atoms with Crippen molar-refractivity contribution in [2.24, 2.45) is 0 Å². The molecular weight excluding hydrogens is 972 g/mol. The van der Waals surface area contributed by atoms with Crippen molar-refractivity contribution in [1.29, 1.82) is 0 Å². The van der Waals surface area contributed by atoms with Gasteiger partial charge in [-0.2, -0.15) is 0 Å². The Hall–Kier alpha value is -7.09. The number of thioether (sulfide) groups is 1. The lowest BCUT2D eigenvalue weighted by atomic mass is 9.84. The van der Waals surface area contributed by atoms with Gasteiger partial charge in [-0.25, -0.2) is 9.59 Å². The number of ether oxygens (including phenoxy) is 2. The Bertz CT molecular complexity index is 2690. The van der Waals surface area contributed by atoms with Gasteiger partial charge < -0.3 is 30.1 Å². The van der Waals surface area contributed by atoms with E-state index in [2.05, 4.69) is 10.6 Å². The zero-order chi connectivity index (χ0) is 53.6. The van der Waals surface area contributed by atoms with Crippen molar-refractivity contribution in [3.8, 4) is 5.75 Å². The van der Waals surface area contributed by atoms with E-state index in [9.17, 15) is 19.5 Å². The number of nitrogens with one attached hydrogen (secondary N) is 2. The van der Waals surface area contributed by atoms with E-state index in [1.165, 1.54) is 35.7 Å². The molecule has 4 amide bonds. The second kappa shape index (κ2) is 25.2. The molecule has 0 radical (unpaired) electrons. The van der Waals surface area contributed by atoms with Gasteiger partial charge in [-0.15, -0.1) is 11.8 Å². The highest BCUT2D eigenvalue weighted by Crippen LogP contribution is 2.48. The highest BCUT2D eigenvalue weighted by Gasteiger charge is 2.42. The number of carboxylic acids is 1. The van der Waals surface area contributed by atoms with E-state index in [4.69, 9.17) is 21.1 Å². The monoisotopic (exact) mass is 1040 g/mol. The number of carbonyl (C=O) groups is 5. The lowest BCUT2D eigenvalue weighted by Crippen LogP contribution is -2.60. The number of amides is 4. The van der Waals surface area contributed by atoms with Crippen LogP contribution in [0.3, 0.4) is 0 Å². The summed E-state index contributed by atoms with van der Waals surface area (Å²) in [5, 5.41) is 16.8. The van der Waals surface area contributed by atoms with E-state index in [1.807, 2.05) is 118 Å². The highest BCUT2D eigenvalue weighted by molar-refractivity contribution is 8.00. The molecule has 6 aromatic rings. The fraction of sp³-hybridized carbons (Fsp3) is 0.317. The van der Waals surface area contributed by atoms with E-state index >= 15 is 9.59 Å². The molecule has 0 fully saturated rings. The third-order valence-corrected chi connectivity index (χ3v) is 14.1. The van der Waals surface area contributed by atoms with Crippen LogP contribution < -0.4 is 15.4 Å². The van der Waals surface area contributed by atoms with Gasteiger partial charge in [-0.3, -0.25) is 19.3 Å². The summed E-state index contributed by atoms with van der Waals surface area (Å²) in [6.45, 7) is 11.0. The van der Waals surface area contributed by atoms with Crippen LogP contribution in [0.4, 0.5) is 4.79 Å². The van der Waals surface area contributed by atoms with E-state index in [-0.39, 0.29) is 25.0 Å². The van der Waals surface area contributed by atoms with Crippen molar-refractivity contribution in [3.05, 3.63) is 208 Å². The minimum absolute atomic E-state index is 0.0127. The van der Waals surface area contributed by atoms with Gasteiger partial charge in [0, 0.05) is 44.1 Å². The molecule has 74 heavy (non-hydrogen) atoms. The van der Waals surface area contributed by atoms with Gasteiger partial charge >= 0.3 is 12.1 Å². The number of nitrogens with zero attached hydrogens (tertiary/aromatic N) is 2. The lowest BCUT2D eigenvalue weighted by Gasteiger charge is -2.38. The maximum Gasteiger partial charge on any atom is 0.410 e. The number of rotatable bonds is 21. The first-order valence-electron chi connectivity index (χ1n) is 24.6. The summed E-state index contributed by atoms with van der Waals surface area (Å²) < 4.78 is 10.9. The fourth-order valence-corrected chi connectivity index (χ4v) is 10.2. The van der Waals surface area contributed by atoms with Crippen LogP contribution in [0.1, 0.15) is 74.9 Å². The van der Waals surface area contributed by atoms with E-state index in [0.717, 1.165) is 16.7 Å². The van der Waals surface area contributed by atoms with E-state index in [0.29, 0.717) is 27.5 Å². The fourth-order valence-electron chi connectivity index (χ4n) is 8.52. The first-order chi connectivity index (χ1) is 35.1. The summed E-state index contributed by atoms with van der Waals surface area (Å²) >= 11 is 7.71. The molecular formula is C60H67ClN4O8S. The number of benzene rings is 6. The quantitative estimate of drug-likeness (QED) is 0.0598. The zero-order valence-electron chi connectivity index (χ0n) is 43.3. The molecule has 6 rings (SSSR count). The van der Waals surface area contributed by atoms with Crippen molar-refractivity contribution in [3.63, 3.8) is 0 Å². The first kappa shape index (κ1) is 56.2. The number of hydrogen-bond donors (Lipinski definition) is 3. The molecule has 0 heterocycles. The van der Waals surface area contributed by atoms with Crippen LogP contribution in [-0.2, 0) is 47.9 Å². The zero-order valence-corrected chi connectivity index (χ0v) is 44.9. The van der Waals surface area contributed by atoms with Crippen molar-refractivity contribution in [1.82, 2.24) is 20.4 Å². The molecule has 0 bridgehead atoms. The van der Waals surface area contributed by atoms with Gasteiger partial charge in [0.2, 0.25) is 17.7 Å². The Kier molecular flexibility index (Phi) is 19.2. The maximum atomic E-state index is 15.7. The molecule has 388 valence electrons.